The minimum atomic E-state index is -0.375. The van der Waals surface area contributed by atoms with Crippen molar-refractivity contribution in [2.24, 2.45) is 21.9 Å². The van der Waals surface area contributed by atoms with E-state index in [0.29, 0.717) is 11.5 Å². The Morgan fingerprint density at radius 3 is 2.55 bits per heavy atom. The molecular weight excluding hydrogens is 250 g/mol. The van der Waals surface area contributed by atoms with Gasteiger partial charge in [-0.05, 0) is 37.3 Å². The first kappa shape index (κ1) is 13.3. The molecule has 2 fully saturated rings. The van der Waals surface area contributed by atoms with E-state index in [9.17, 15) is 4.79 Å². The fourth-order valence-corrected chi connectivity index (χ4v) is 3.98. The molecule has 2 bridgehead atoms. The van der Waals surface area contributed by atoms with E-state index in [2.05, 4.69) is 25.9 Å². The Morgan fingerprint density at radius 1 is 1.25 bits per heavy atom. The zero-order valence-electron chi connectivity index (χ0n) is 12.3. The Kier molecular flexibility index (Phi) is 2.96. The lowest BCUT2D eigenvalue weighted by Gasteiger charge is -2.34. The van der Waals surface area contributed by atoms with Gasteiger partial charge in [0.25, 0.3) is 0 Å². The van der Waals surface area contributed by atoms with E-state index < -0.39 is 0 Å². The molecule has 3 nitrogen and oxygen atoms in total. The Labute approximate surface area is 120 Å². The molecule has 2 aliphatic carbocycles. The number of benzene rings is 1. The number of oxime groups is 1. The van der Waals surface area contributed by atoms with E-state index in [0.717, 1.165) is 12.1 Å². The van der Waals surface area contributed by atoms with E-state index in [1.54, 1.807) is 12.1 Å². The summed E-state index contributed by atoms with van der Waals surface area (Å²) >= 11 is 0. The third-order valence-corrected chi connectivity index (χ3v) is 5.17. The quantitative estimate of drug-likeness (QED) is 0.601. The van der Waals surface area contributed by atoms with Gasteiger partial charge in [-0.3, -0.25) is 0 Å². The molecule has 3 rings (SSSR count). The summed E-state index contributed by atoms with van der Waals surface area (Å²) in [5.74, 6) is 0.293. The van der Waals surface area contributed by atoms with E-state index in [-0.39, 0.29) is 16.8 Å². The van der Waals surface area contributed by atoms with E-state index in [4.69, 9.17) is 4.84 Å². The first-order valence-electron chi connectivity index (χ1n) is 7.29. The third kappa shape index (κ3) is 1.96. The number of fused-ring (bicyclic) bond motifs is 2. The summed E-state index contributed by atoms with van der Waals surface area (Å²) in [6.07, 6.45) is 3.58. The van der Waals surface area contributed by atoms with E-state index >= 15 is 0 Å². The molecule has 2 atom stereocenters. The molecule has 1 aromatic carbocycles. The molecule has 0 saturated heterocycles. The van der Waals surface area contributed by atoms with Crippen LogP contribution in [-0.2, 0) is 4.84 Å². The lowest BCUT2D eigenvalue weighted by molar-refractivity contribution is 0.0506. The highest BCUT2D eigenvalue weighted by Gasteiger charge is 2.57. The standard InChI is InChI=1S/C17H21NO2/c1-16(2)13-9-10-17(3,11-13)15(16)18-20-14(19)12-7-5-4-6-8-12/h4-8,13H,9-11H2,1-3H3/b18-15-/t13-,17-/m0/s1. The molecule has 0 aromatic heterocycles. The molecule has 106 valence electrons. The van der Waals surface area contributed by atoms with Gasteiger partial charge in [-0.15, -0.1) is 0 Å². The smallest absolute Gasteiger partial charge is 0.313 e. The van der Waals surface area contributed by atoms with Crippen LogP contribution in [0.5, 0.6) is 0 Å². The third-order valence-electron chi connectivity index (χ3n) is 5.17. The monoisotopic (exact) mass is 271 g/mol. The summed E-state index contributed by atoms with van der Waals surface area (Å²) < 4.78 is 0. The van der Waals surface area contributed by atoms with Gasteiger partial charge in [-0.25, -0.2) is 4.79 Å². The van der Waals surface area contributed by atoms with Crippen LogP contribution in [0.1, 0.15) is 50.4 Å². The lowest BCUT2D eigenvalue weighted by atomic mass is 9.71. The molecule has 0 aliphatic heterocycles. The molecule has 0 unspecified atom stereocenters. The van der Waals surface area contributed by atoms with Crippen LogP contribution in [0.4, 0.5) is 0 Å². The zero-order valence-corrected chi connectivity index (χ0v) is 12.3. The summed E-state index contributed by atoms with van der Waals surface area (Å²) in [7, 11) is 0. The number of carbonyl (C=O) groups is 1. The molecule has 2 saturated carbocycles. The van der Waals surface area contributed by atoms with Crippen molar-refractivity contribution >= 4 is 11.7 Å². The van der Waals surface area contributed by atoms with Crippen molar-refractivity contribution in [3.8, 4) is 0 Å². The maximum atomic E-state index is 12.0. The SMILES string of the molecule is CC1(C)/C(=N/OC(=O)c2ccccc2)[C@@]2(C)CC[C@H]1C2. The second-order valence-electron chi connectivity index (χ2n) is 6.91. The van der Waals surface area contributed by atoms with Crippen LogP contribution in [0.15, 0.2) is 35.5 Å². The van der Waals surface area contributed by atoms with Crippen LogP contribution in [0.3, 0.4) is 0 Å². The zero-order chi connectivity index (χ0) is 14.4. The molecule has 0 heterocycles. The van der Waals surface area contributed by atoms with Crippen molar-refractivity contribution in [2.75, 3.05) is 0 Å². The van der Waals surface area contributed by atoms with Gasteiger partial charge in [0.15, 0.2) is 0 Å². The Hall–Kier alpha value is -1.64. The van der Waals surface area contributed by atoms with Crippen LogP contribution < -0.4 is 0 Å². The van der Waals surface area contributed by atoms with Crippen molar-refractivity contribution in [1.82, 2.24) is 0 Å². The largest absolute Gasteiger partial charge is 0.365 e. The average Bonchev–Trinajstić information content (AvgIpc) is 2.90. The number of hydrogen-bond acceptors (Lipinski definition) is 3. The summed E-state index contributed by atoms with van der Waals surface area (Å²) in [5.41, 5.74) is 1.77. The number of carbonyl (C=O) groups excluding carboxylic acids is 1. The van der Waals surface area contributed by atoms with Crippen LogP contribution in [0.2, 0.25) is 0 Å². The highest BCUT2D eigenvalue weighted by molar-refractivity contribution is 5.98. The molecular formula is C17H21NO2. The average molecular weight is 271 g/mol. The van der Waals surface area contributed by atoms with Gasteiger partial charge in [0, 0.05) is 10.8 Å². The maximum absolute atomic E-state index is 12.0. The molecule has 0 N–H and O–H groups in total. The summed E-state index contributed by atoms with van der Waals surface area (Å²) in [5, 5.41) is 4.27. The molecule has 2 aliphatic rings. The van der Waals surface area contributed by atoms with Crippen LogP contribution in [0, 0.1) is 16.7 Å². The first-order valence-corrected chi connectivity index (χ1v) is 7.29. The van der Waals surface area contributed by atoms with Crippen LogP contribution >= 0.6 is 0 Å². The van der Waals surface area contributed by atoms with Gasteiger partial charge in [0.2, 0.25) is 0 Å². The Morgan fingerprint density at radius 2 is 1.95 bits per heavy atom. The van der Waals surface area contributed by atoms with Crippen molar-refractivity contribution in [2.45, 2.75) is 40.0 Å². The minimum Gasteiger partial charge on any atom is -0.313 e. The first-order chi connectivity index (χ1) is 9.43. The molecule has 1 aromatic rings. The fraction of sp³-hybridized carbons (Fsp3) is 0.529. The van der Waals surface area contributed by atoms with Crippen molar-refractivity contribution in [3.05, 3.63) is 35.9 Å². The maximum Gasteiger partial charge on any atom is 0.365 e. The summed E-state index contributed by atoms with van der Waals surface area (Å²) in [6.45, 7) is 6.69. The second-order valence-corrected chi connectivity index (χ2v) is 6.91. The summed E-state index contributed by atoms with van der Waals surface area (Å²) in [6, 6.07) is 9.02. The van der Waals surface area contributed by atoms with Gasteiger partial charge in [-0.2, -0.15) is 0 Å². The van der Waals surface area contributed by atoms with Gasteiger partial charge in [0.05, 0.1) is 11.3 Å². The number of nitrogens with zero attached hydrogens (tertiary/aromatic N) is 1. The Bertz CT molecular complexity index is 555. The van der Waals surface area contributed by atoms with Gasteiger partial charge >= 0.3 is 5.97 Å². The van der Waals surface area contributed by atoms with E-state index in [1.165, 1.54) is 12.8 Å². The molecule has 0 amide bonds. The van der Waals surface area contributed by atoms with Crippen LogP contribution in [0.25, 0.3) is 0 Å². The topological polar surface area (TPSA) is 38.7 Å². The molecule has 0 radical (unpaired) electrons. The highest BCUT2D eigenvalue weighted by atomic mass is 16.7. The Balaban J connectivity index is 1.81. The predicted octanol–water partition coefficient (Wildman–Crippen LogP) is 4.05. The molecule has 0 spiro atoms. The molecule has 20 heavy (non-hydrogen) atoms. The van der Waals surface area contributed by atoms with Gasteiger partial charge in [0.1, 0.15) is 0 Å². The normalized spacial score (nSPS) is 32.5. The lowest BCUT2D eigenvalue weighted by Crippen LogP contribution is -2.36. The summed E-state index contributed by atoms with van der Waals surface area (Å²) in [4.78, 5) is 17.2. The predicted molar refractivity (Wildman–Crippen MR) is 78.5 cm³/mol. The van der Waals surface area contributed by atoms with Crippen molar-refractivity contribution < 1.29 is 9.63 Å². The van der Waals surface area contributed by atoms with Crippen LogP contribution in [-0.4, -0.2) is 11.7 Å². The van der Waals surface area contributed by atoms with Crippen molar-refractivity contribution in [1.29, 1.82) is 0 Å². The number of rotatable bonds is 2. The highest BCUT2D eigenvalue weighted by Crippen LogP contribution is 2.60. The van der Waals surface area contributed by atoms with Crippen molar-refractivity contribution in [3.63, 3.8) is 0 Å². The molecule has 3 heteroatoms. The minimum absolute atomic E-state index is 0.0456. The second kappa shape index (κ2) is 4.44. The van der Waals surface area contributed by atoms with E-state index in [1.807, 2.05) is 18.2 Å². The van der Waals surface area contributed by atoms with Gasteiger partial charge in [-0.1, -0.05) is 44.1 Å². The van der Waals surface area contributed by atoms with Gasteiger partial charge < -0.3 is 4.84 Å². The number of hydrogen-bond donors (Lipinski definition) is 0. The fourth-order valence-electron chi connectivity index (χ4n) is 3.98.